The molecule has 1 aliphatic carbocycles. The normalized spacial score (nSPS) is 19.4. The molecule has 5 nitrogen and oxygen atoms in total. The fourth-order valence-electron chi connectivity index (χ4n) is 2.57. The van der Waals surface area contributed by atoms with Crippen LogP contribution >= 0.6 is 0 Å². The van der Waals surface area contributed by atoms with E-state index in [4.69, 9.17) is 14.2 Å². The Labute approximate surface area is 149 Å². The van der Waals surface area contributed by atoms with Crippen molar-refractivity contribution in [3.63, 3.8) is 0 Å². The average molecular weight is 345 g/mol. The number of benzene rings is 1. The molecule has 25 heavy (non-hydrogen) atoms. The van der Waals surface area contributed by atoms with E-state index in [1.807, 2.05) is 48.6 Å². The van der Waals surface area contributed by atoms with Gasteiger partial charge in [0, 0.05) is 19.2 Å². The van der Waals surface area contributed by atoms with E-state index in [1.165, 1.54) is 0 Å². The van der Waals surface area contributed by atoms with Crippen LogP contribution in [0.1, 0.15) is 38.2 Å². The zero-order chi connectivity index (χ0) is 18.0. The van der Waals surface area contributed by atoms with Gasteiger partial charge in [0.1, 0.15) is 6.61 Å². The number of unbranched alkanes of at least 4 members (excludes halogenated alkanes) is 2. The predicted molar refractivity (Wildman–Crippen MR) is 96.8 cm³/mol. The molecule has 0 aromatic heterocycles. The van der Waals surface area contributed by atoms with Crippen LogP contribution in [0.25, 0.3) is 0 Å². The molecular formula is C20H27NO4. The van der Waals surface area contributed by atoms with Crippen LogP contribution in [0.2, 0.25) is 0 Å². The first-order valence-corrected chi connectivity index (χ1v) is 8.72. The van der Waals surface area contributed by atoms with Gasteiger partial charge in [-0.25, -0.2) is 4.79 Å². The van der Waals surface area contributed by atoms with Gasteiger partial charge in [0.25, 0.3) is 0 Å². The summed E-state index contributed by atoms with van der Waals surface area (Å²) in [5.41, 5.74) is 1.65. The van der Waals surface area contributed by atoms with Crippen molar-refractivity contribution >= 4 is 6.09 Å². The Hall–Kier alpha value is -2.11. The first-order chi connectivity index (χ1) is 12.2. The lowest BCUT2D eigenvalue weighted by atomic mass is 10.0. The summed E-state index contributed by atoms with van der Waals surface area (Å²) in [6.45, 7) is 3.01. The number of rotatable bonds is 9. The minimum atomic E-state index is -0.829. The summed E-state index contributed by atoms with van der Waals surface area (Å²) < 4.78 is 16.7. The maximum atomic E-state index is 12.0. The quantitative estimate of drug-likeness (QED) is 0.535. The molecule has 0 aliphatic heterocycles. The molecule has 1 amide bonds. The highest BCUT2D eigenvalue weighted by molar-refractivity contribution is 5.69. The monoisotopic (exact) mass is 345 g/mol. The summed E-state index contributed by atoms with van der Waals surface area (Å²) in [4.78, 5) is 12.0. The molecule has 1 N–H and O–H groups in total. The highest BCUT2D eigenvalue weighted by Gasteiger charge is 2.31. The lowest BCUT2D eigenvalue weighted by Crippen LogP contribution is -2.38. The third-order valence-corrected chi connectivity index (χ3v) is 4.00. The van der Waals surface area contributed by atoms with E-state index in [2.05, 4.69) is 12.2 Å². The summed E-state index contributed by atoms with van der Waals surface area (Å²) in [5.74, 6) is -0.829. The molecule has 1 unspecified atom stereocenters. The van der Waals surface area contributed by atoms with E-state index in [0.717, 1.165) is 24.8 Å². The van der Waals surface area contributed by atoms with Gasteiger partial charge in [-0.2, -0.15) is 0 Å². The van der Waals surface area contributed by atoms with Gasteiger partial charge in [-0.05, 0) is 24.1 Å². The number of allylic oxidation sites excluding steroid dienone is 2. The summed E-state index contributed by atoms with van der Waals surface area (Å²) in [7, 11) is 1.61. The Morgan fingerprint density at radius 3 is 2.76 bits per heavy atom. The van der Waals surface area contributed by atoms with Crippen LogP contribution in [0.15, 0.2) is 54.3 Å². The van der Waals surface area contributed by atoms with Crippen molar-refractivity contribution in [1.29, 1.82) is 0 Å². The first kappa shape index (κ1) is 19.2. The number of amides is 1. The lowest BCUT2D eigenvalue weighted by molar-refractivity contribution is -0.188. The predicted octanol–water partition coefficient (Wildman–Crippen LogP) is 4.31. The highest BCUT2D eigenvalue weighted by Crippen LogP contribution is 2.27. The van der Waals surface area contributed by atoms with E-state index in [9.17, 15) is 4.79 Å². The van der Waals surface area contributed by atoms with Crippen LogP contribution in [0.3, 0.4) is 0 Å². The second-order valence-corrected chi connectivity index (χ2v) is 5.99. The number of carbonyl (C=O) groups excluding carboxylic acids is 1. The Bertz CT molecular complexity index is 597. The van der Waals surface area contributed by atoms with E-state index in [0.29, 0.717) is 18.7 Å². The van der Waals surface area contributed by atoms with Crippen LogP contribution in [-0.4, -0.2) is 25.6 Å². The van der Waals surface area contributed by atoms with Crippen LogP contribution in [-0.2, 0) is 20.8 Å². The number of ether oxygens (including phenoxy) is 3. The minimum Gasteiger partial charge on any atom is -0.444 e. The lowest BCUT2D eigenvalue weighted by Gasteiger charge is -2.32. The number of methoxy groups -OCH3 is 1. The zero-order valence-corrected chi connectivity index (χ0v) is 15.0. The van der Waals surface area contributed by atoms with Crippen molar-refractivity contribution < 1.29 is 19.0 Å². The minimum absolute atomic E-state index is 0.235. The van der Waals surface area contributed by atoms with Crippen molar-refractivity contribution in [2.24, 2.45) is 0 Å². The third-order valence-electron chi connectivity index (χ3n) is 4.00. The van der Waals surface area contributed by atoms with Gasteiger partial charge in [-0.1, -0.05) is 56.2 Å². The molecule has 0 saturated carbocycles. The molecule has 1 aromatic carbocycles. The average Bonchev–Trinajstić information content (AvgIpc) is 2.65. The van der Waals surface area contributed by atoms with Crippen LogP contribution < -0.4 is 5.32 Å². The Morgan fingerprint density at radius 2 is 2.04 bits per heavy atom. The molecule has 5 heteroatoms. The first-order valence-electron chi connectivity index (χ1n) is 8.72. The maximum Gasteiger partial charge on any atom is 0.411 e. The van der Waals surface area contributed by atoms with Crippen LogP contribution in [0.5, 0.6) is 0 Å². The molecule has 1 aromatic rings. The molecule has 0 fully saturated rings. The summed E-state index contributed by atoms with van der Waals surface area (Å²) in [6, 6.07) is 9.57. The standard InChI is InChI=1S/C20H27NO4/c1-3-4-8-14-25-20(23-2)13-9-12-18(15-20)21-19(22)24-16-17-10-6-5-7-11-17/h5-7,9-13H,3-4,8,14-16H2,1-2H3,(H,21,22). The van der Waals surface area contributed by atoms with Gasteiger partial charge >= 0.3 is 6.09 Å². The smallest absolute Gasteiger partial charge is 0.411 e. The summed E-state index contributed by atoms with van der Waals surface area (Å²) in [5, 5.41) is 2.77. The Kier molecular flexibility index (Phi) is 7.70. The van der Waals surface area contributed by atoms with Crippen LogP contribution in [0.4, 0.5) is 4.79 Å². The fourth-order valence-corrected chi connectivity index (χ4v) is 2.57. The van der Waals surface area contributed by atoms with E-state index in [1.54, 1.807) is 7.11 Å². The van der Waals surface area contributed by atoms with Gasteiger partial charge in [0.2, 0.25) is 0 Å². The molecule has 0 heterocycles. The zero-order valence-electron chi connectivity index (χ0n) is 15.0. The Balaban J connectivity index is 1.82. The number of hydrogen-bond acceptors (Lipinski definition) is 4. The van der Waals surface area contributed by atoms with Gasteiger partial charge < -0.3 is 14.2 Å². The topological polar surface area (TPSA) is 56.8 Å². The third kappa shape index (κ3) is 6.36. The van der Waals surface area contributed by atoms with Crippen molar-refractivity contribution in [2.45, 2.75) is 45.0 Å². The van der Waals surface area contributed by atoms with Gasteiger partial charge in [-0.3, -0.25) is 5.32 Å². The SMILES string of the molecule is CCCCCOC1(OC)C=CC=C(NC(=O)OCc2ccccc2)C1. The van der Waals surface area contributed by atoms with E-state index >= 15 is 0 Å². The van der Waals surface area contributed by atoms with Crippen molar-refractivity contribution in [1.82, 2.24) is 5.32 Å². The Morgan fingerprint density at radius 1 is 1.24 bits per heavy atom. The number of alkyl carbamates (subject to hydrolysis) is 1. The summed E-state index contributed by atoms with van der Waals surface area (Å²) >= 11 is 0. The molecule has 0 radical (unpaired) electrons. The van der Waals surface area contributed by atoms with Crippen molar-refractivity contribution in [3.05, 3.63) is 59.8 Å². The van der Waals surface area contributed by atoms with E-state index < -0.39 is 11.9 Å². The summed E-state index contributed by atoms with van der Waals surface area (Å²) in [6.07, 6.45) is 8.74. The largest absolute Gasteiger partial charge is 0.444 e. The molecule has 0 bridgehead atoms. The van der Waals surface area contributed by atoms with Gasteiger partial charge in [0.05, 0.1) is 6.61 Å². The highest BCUT2D eigenvalue weighted by atomic mass is 16.7. The molecule has 0 spiro atoms. The fraction of sp³-hybridized carbons (Fsp3) is 0.450. The van der Waals surface area contributed by atoms with E-state index in [-0.39, 0.29) is 6.61 Å². The maximum absolute atomic E-state index is 12.0. The molecule has 136 valence electrons. The number of hydrogen-bond donors (Lipinski definition) is 1. The second kappa shape index (κ2) is 10.0. The number of carbonyl (C=O) groups is 1. The molecule has 2 rings (SSSR count). The molecule has 0 saturated heterocycles. The van der Waals surface area contributed by atoms with Gasteiger partial charge in [-0.15, -0.1) is 0 Å². The van der Waals surface area contributed by atoms with Crippen LogP contribution in [0, 0.1) is 0 Å². The van der Waals surface area contributed by atoms with Crippen molar-refractivity contribution in [2.75, 3.05) is 13.7 Å². The van der Waals surface area contributed by atoms with Gasteiger partial charge in [0.15, 0.2) is 5.79 Å². The second-order valence-electron chi connectivity index (χ2n) is 5.99. The number of nitrogens with one attached hydrogen (secondary N) is 1. The molecular weight excluding hydrogens is 318 g/mol. The molecule has 1 aliphatic rings. The van der Waals surface area contributed by atoms with Crippen molar-refractivity contribution in [3.8, 4) is 0 Å². The molecule has 1 atom stereocenters.